The average Bonchev–Trinajstić information content (AvgIpc) is 4.02. The Morgan fingerprint density at radius 3 is 1.02 bits per heavy atom. The number of benzene rings is 4. The van der Waals surface area contributed by atoms with E-state index in [0.717, 1.165) is 11.8 Å². The zero-order valence-electron chi connectivity index (χ0n) is 35.5. The Balaban J connectivity index is 0.00000257. The van der Waals surface area contributed by atoms with Gasteiger partial charge in [-0.25, -0.2) is 0 Å². The van der Waals surface area contributed by atoms with Crippen molar-refractivity contribution in [3.63, 3.8) is 0 Å². The topological polar surface area (TPSA) is 0 Å². The summed E-state index contributed by atoms with van der Waals surface area (Å²) in [7, 11) is 0. The molecule has 0 radical (unpaired) electrons. The van der Waals surface area contributed by atoms with Crippen molar-refractivity contribution in [2.24, 2.45) is 11.8 Å². The third-order valence-electron chi connectivity index (χ3n) is 12.6. The van der Waals surface area contributed by atoms with Gasteiger partial charge in [-0.05, 0) is 0 Å². The maximum Gasteiger partial charge on any atom is -1.00 e. The van der Waals surface area contributed by atoms with Crippen molar-refractivity contribution in [1.29, 1.82) is 0 Å². The van der Waals surface area contributed by atoms with Crippen molar-refractivity contribution in [1.82, 2.24) is 0 Å². The van der Waals surface area contributed by atoms with Crippen LogP contribution in [0.2, 0.25) is 0 Å². The van der Waals surface area contributed by atoms with Gasteiger partial charge in [0.1, 0.15) is 0 Å². The Hall–Kier alpha value is -2.18. The number of fused-ring (bicyclic) bond motifs is 2. The molecule has 0 heterocycles. The van der Waals surface area contributed by atoms with Gasteiger partial charge in [-0.15, -0.1) is 0 Å². The molecule has 4 aromatic rings. The predicted octanol–water partition coefficient (Wildman–Crippen LogP) is 8.70. The van der Waals surface area contributed by atoms with E-state index in [-0.39, 0.29) is 46.5 Å². The molecule has 3 heteroatoms. The van der Waals surface area contributed by atoms with Crippen molar-refractivity contribution >= 4 is 12.2 Å². The van der Waals surface area contributed by atoms with Gasteiger partial charge < -0.3 is 24.8 Å². The molecule has 0 aromatic heterocycles. The fourth-order valence-corrected chi connectivity index (χ4v) is 14.2. The van der Waals surface area contributed by atoms with Crippen molar-refractivity contribution in [3.05, 3.63) is 128 Å². The summed E-state index contributed by atoms with van der Waals surface area (Å²) in [4.78, 5) is 0. The van der Waals surface area contributed by atoms with Crippen LogP contribution in [0.25, 0.3) is 34.4 Å². The molecular formula is C52H62Cl2Zr. The number of rotatable bonds is 6. The van der Waals surface area contributed by atoms with Crippen LogP contribution in [-0.2, 0) is 44.9 Å². The molecule has 2 atom stereocenters. The summed E-state index contributed by atoms with van der Waals surface area (Å²) in [6.45, 7) is 28.4. The molecule has 288 valence electrons. The Morgan fingerprint density at radius 2 is 0.745 bits per heavy atom. The monoisotopic (exact) mass is 846 g/mol. The Kier molecular flexibility index (Phi) is 11.5. The van der Waals surface area contributed by atoms with Gasteiger partial charge in [0.05, 0.1) is 0 Å². The molecule has 2 fully saturated rings. The van der Waals surface area contributed by atoms with E-state index in [2.05, 4.69) is 168 Å². The third kappa shape index (κ3) is 8.39. The minimum absolute atomic E-state index is 0. The maximum atomic E-state index is 2.70. The summed E-state index contributed by atoms with van der Waals surface area (Å²) in [5.74, 6) is 1.56. The van der Waals surface area contributed by atoms with Crippen molar-refractivity contribution < 1.29 is 48.0 Å². The number of hydrogen-bond donors (Lipinski definition) is 0. The van der Waals surface area contributed by atoms with E-state index in [1.165, 1.54) is 81.3 Å². The first kappa shape index (κ1) is 42.4. The van der Waals surface area contributed by atoms with E-state index in [9.17, 15) is 0 Å². The molecule has 4 aliphatic carbocycles. The molecule has 4 aromatic carbocycles. The van der Waals surface area contributed by atoms with E-state index in [1.807, 2.05) is 0 Å². The standard InChI is InChI=1S/2C26H31.2ClH.Zr/c2*1-25(2,3)21-13-20(14-22(16-21)26(4,5)6)23-9-7-8-18-12-19(15-24(18)23)17-10-11-17;;;/h2*7-9,12-17H,10-11H2,1-6H3;2*1H;/q;;;;+2/p-2. The van der Waals surface area contributed by atoms with Crippen LogP contribution in [0.1, 0.15) is 161 Å². The largest absolute Gasteiger partial charge is 1.00 e. The van der Waals surface area contributed by atoms with Crippen LogP contribution >= 0.6 is 0 Å². The molecule has 0 aliphatic heterocycles. The molecule has 2 saturated carbocycles. The van der Waals surface area contributed by atoms with Crippen molar-refractivity contribution in [2.75, 3.05) is 0 Å². The summed E-state index contributed by atoms with van der Waals surface area (Å²) in [5, 5.41) is 0. The Labute approximate surface area is 357 Å². The predicted molar refractivity (Wildman–Crippen MR) is 225 cm³/mol. The molecule has 0 saturated heterocycles. The normalized spacial score (nSPS) is 19.4. The molecule has 0 spiro atoms. The van der Waals surface area contributed by atoms with Gasteiger partial charge in [0.25, 0.3) is 0 Å². The molecule has 8 rings (SSSR count). The third-order valence-corrected chi connectivity index (χ3v) is 17.4. The van der Waals surface area contributed by atoms with Crippen molar-refractivity contribution in [2.45, 2.75) is 138 Å². The first-order valence-electron chi connectivity index (χ1n) is 20.5. The molecule has 0 amide bonds. The zero-order valence-corrected chi connectivity index (χ0v) is 39.4. The summed E-state index contributed by atoms with van der Waals surface area (Å²) in [6.07, 6.45) is 10.9. The van der Waals surface area contributed by atoms with Crippen LogP contribution in [-0.4, -0.2) is 0 Å². The molecular weight excluding hydrogens is 787 g/mol. The zero-order chi connectivity index (χ0) is 37.8. The van der Waals surface area contributed by atoms with Gasteiger partial charge in [0.15, 0.2) is 0 Å². The maximum absolute atomic E-state index is 2.70. The van der Waals surface area contributed by atoms with Crippen LogP contribution in [0.4, 0.5) is 0 Å². The second-order valence-electron chi connectivity index (χ2n) is 21.1. The van der Waals surface area contributed by atoms with E-state index in [0.29, 0.717) is 7.25 Å². The molecule has 0 bridgehead atoms. The van der Waals surface area contributed by atoms with Crippen LogP contribution in [0, 0.1) is 11.8 Å². The van der Waals surface area contributed by atoms with E-state index >= 15 is 0 Å². The van der Waals surface area contributed by atoms with Crippen LogP contribution < -0.4 is 24.8 Å². The number of allylic oxidation sites excluding steroid dienone is 2. The summed E-state index contributed by atoms with van der Waals surface area (Å²) in [5.41, 5.74) is 21.8. The minimum atomic E-state index is -1.00. The van der Waals surface area contributed by atoms with Crippen LogP contribution in [0.5, 0.6) is 0 Å². The van der Waals surface area contributed by atoms with Gasteiger partial charge in [-0.3, -0.25) is 0 Å². The summed E-state index contributed by atoms with van der Waals surface area (Å²) >= 11 is -1.00. The van der Waals surface area contributed by atoms with Gasteiger partial charge >= 0.3 is 336 Å². The second kappa shape index (κ2) is 14.9. The van der Waals surface area contributed by atoms with Crippen LogP contribution in [0.3, 0.4) is 0 Å². The van der Waals surface area contributed by atoms with E-state index in [1.54, 1.807) is 22.3 Å². The van der Waals surface area contributed by atoms with Gasteiger partial charge in [0, 0.05) is 0 Å². The fraction of sp³-hybridized carbons (Fsp3) is 0.462. The van der Waals surface area contributed by atoms with Gasteiger partial charge in [-0.2, -0.15) is 0 Å². The molecule has 0 N–H and O–H groups in total. The van der Waals surface area contributed by atoms with E-state index in [4.69, 9.17) is 0 Å². The molecule has 2 unspecified atom stereocenters. The number of hydrogen-bond acceptors (Lipinski definition) is 0. The van der Waals surface area contributed by atoms with Gasteiger partial charge in [0.2, 0.25) is 0 Å². The average molecular weight is 849 g/mol. The first-order chi connectivity index (χ1) is 24.8. The summed E-state index contributed by atoms with van der Waals surface area (Å²) < 4.78 is 1.29. The van der Waals surface area contributed by atoms with Crippen LogP contribution in [0.15, 0.2) is 83.9 Å². The molecule has 0 nitrogen and oxygen atoms in total. The quantitative estimate of drug-likeness (QED) is 0.182. The Bertz CT molecular complexity index is 1940. The SMILES string of the molecule is CC(C)(C)c1cc(-c2cccc3c2C=C(C2CC2)[CH]3[Zr+2][CH]2C(C3CC3)=Cc3c(-c4cc(C(C)(C)C)cc(C(C)(C)C)c4)cccc32)cc(C(C)(C)C)c1.[Cl-].[Cl-]. The second-order valence-corrected chi connectivity index (χ2v) is 24.7. The van der Waals surface area contributed by atoms with E-state index < -0.39 is 23.2 Å². The van der Waals surface area contributed by atoms with Crippen molar-refractivity contribution in [3.8, 4) is 22.3 Å². The minimum Gasteiger partial charge on any atom is -1.00 e. The summed E-state index contributed by atoms with van der Waals surface area (Å²) in [6, 6.07) is 29.6. The Morgan fingerprint density at radius 1 is 0.436 bits per heavy atom. The molecule has 55 heavy (non-hydrogen) atoms. The number of halogens is 2. The van der Waals surface area contributed by atoms with Gasteiger partial charge in [-0.1, -0.05) is 0 Å². The smallest absolute Gasteiger partial charge is 1.00 e. The first-order valence-corrected chi connectivity index (χ1v) is 23.4. The molecule has 4 aliphatic rings. The fourth-order valence-electron chi connectivity index (χ4n) is 8.73.